The van der Waals surface area contributed by atoms with Crippen LogP contribution in [0.1, 0.15) is 29.8 Å². The van der Waals surface area contributed by atoms with Gasteiger partial charge in [0.1, 0.15) is 5.82 Å². The topological polar surface area (TPSA) is 102 Å². The molecule has 0 radical (unpaired) electrons. The molecule has 0 saturated heterocycles. The second kappa shape index (κ2) is 13.0. The Labute approximate surface area is 200 Å². The number of aryl methyl sites for hydroxylation is 1. The van der Waals surface area contributed by atoms with Gasteiger partial charge in [-0.05, 0) is 55.7 Å². The molecular formula is C22H27Cl3N6. The fourth-order valence-electron chi connectivity index (χ4n) is 2.87. The fraction of sp³-hybridized carbons (Fsp3) is 0.227. The zero-order chi connectivity index (χ0) is 20.6. The third kappa shape index (κ3) is 8.25. The Morgan fingerprint density at radius 3 is 2.48 bits per heavy atom. The summed E-state index contributed by atoms with van der Waals surface area (Å²) < 4.78 is 0. The maximum Gasteiger partial charge on any atom is 0.185 e. The Morgan fingerprint density at radius 2 is 1.77 bits per heavy atom. The maximum atomic E-state index is 5.95. The molecule has 0 fully saturated rings. The number of aromatic nitrogens is 2. The minimum absolute atomic E-state index is 0. The molecule has 2 aromatic carbocycles. The zero-order valence-electron chi connectivity index (χ0n) is 17.2. The van der Waals surface area contributed by atoms with Crippen LogP contribution in [0.25, 0.3) is 23.1 Å². The van der Waals surface area contributed by atoms with Crippen LogP contribution in [-0.4, -0.2) is 29.0 Å². The molecule has 0 aliphatic carbocycles. The molecule has 3 aromatic rings. The monoisotopic (exact) mass is 480 g/mol. The van der Waals surface area contributed by atoms with Crippen LogP contribution in [-0.2, 0) is 0 Å². The molecule has 0 aliphatic rings. The van der Waals surface area contributed by atoms with Crippen LogP contribution in [0.3, 0.4) is 0 Å². The highest BCUT2D eigenvalue weighted by molar-refractivity contribution is 6.30. The van der Waals surface area contributed by atoms with E-state index in [2.05, 4.69) is 34.3 Å². The molecule has 0 saturated carbocycles. The molecule has 1 aromatic heterocycles. The number of nitrogens with two attached hydrogens (primary N) is 2. The molecule has 1 heterocycles. The number of fused-ring (bicyclic) bond motifs is 1. The second-order valence-electron chi connectivity index (χ2n) is 6.78. The number of nitrogens with one attached hydrogen (secondary N) is 1. The van der Waals surface area contributed by atoms with Crippen molar-refractivity contribution in [3.8, 4) is 0 Å². The zero-order valence-corrected chi connectivity index (χ0v) is 19.6. The van der Waals surface area contributed by atoms with Gasteiger partial charge in [0.2, 0.25) is 0 Å². The molecule has 166 valence electrons. The number of aliphatic imine (C=N–C) groups is 1. The first-order valence-corrected chi connectivity index (χ1v) is 9.90. The molecule has 0 atom stereocenters. The standard InChI is InChI=1S/C22H25ClN6.2ClH/c1-15-4-10-19-18(14-15)21(26-12-2-3-13-27-22(24)25)29-20(28-19)11-7-16-5-8-17(23)9-6-16;;/h4-11,14H,2-3,12-13H2,1H3,(H4,24,25,27)(H,26,28,29);2*1H. The highest BCUT2D eigenvalue weighted by atomic mass is 35.5. The molecule has 9 heteroatoms. The van der Waals surface area contributed by atoms with Crippen molar-refractivity contribution < 1.29 is 0 Å². The van der Waals surface area contributed by atoms with E-state index in [1.807, 2.05) is 42.5 Å². The van der Waals surface area contributed by atoms with E-state index in [0.29, 0.717) is 17.4 Å². The van der Waals surface area contributed by atoms with Gasteiger partial charge in [0.25, 0.3) is 0 Å². The molecular weight excluding hydrogens is 455 g/mol. The van der Waals surface area contributed by atoms with Gasteiger partial charge in [-0.25, -0.2) is 9.97 Å². The van der Waals surface area contributed by atoms with Gasteiger partial charge in [0.15, 0.2) is 11.8 Å². The van der Waals surface area contributed by atoms with Crippen molar-refractivity contribution in [1.29, 1.82) is 0 Å². The van der Waals surface area contributed by atoms with E-state index < -0.39 is 0 Å². The number of rotatable bonds is 8. The summed E-state index contributed by atoms with van der Waals surface area (Å²) in [6.07, 6.45) is 5.72. The van der Waals surface area contributed by atoms with E-state index in [1.54, 1.807) is 0 Å². The van der Waals surface area contributed by atoms with Crippen LogP contribution >= 0.6 is 36.4 Å². The molecule has 0 bridgehead atoms. The van der Waals surface area contributed by atoms with Gasteiger partial charge in [0.05, 0.1) is 5.52 Å². The summed E-state index contributed by atoms with van der Waals surface area (Å²) in [6, 6.07) is 13.8. The minimum Gasteiger partial charge on any atom is -0.370 e. The van der Waals surface area contributed by atoms with E-state index >= 15 is 0 Å². The second-order valence-corrected chi connectivity index (χ2v) is 7.21. The Kier molecular flexibility index (Phi) is 11.1. The number of guanidine groups is 1. The average Bonchev–Trinajstić information content (AvgIpc) is 2.70. The van der Waals surface area contributed by atoms with Crippen molar-refractivity contribution in [2.45, 2.75) is 19.8 Å². The van der Waals surface area contributed by atoms with Crippen molar-refractivity contribution >= 4 is 71.2 Å². The number of nitrogens with zero attached hydrogens (tertiary/aromatic N) is 3. The third-order valence-corrected chi connectivity index (χ3v) is 4.59. The first kappa shape index (κ1) is 26.5. The number of hydrogen-bond acceptors (Lipinski definition) is 4. The first-order valence-electron chi connectivity index (χ1n) is 9.52. The van der Waals surface area contributed by atoms with Gasteiger partial charge in [-0.1, -0.05) is 41.4 Å². The van der Waals surface area contributed by atoms with Crippen molar-refractivity contribution in [2.24, 2.45) is 16.5 Å². The van der Waals surface area contributed by atoms with Gasteiger partial charge in [-0.2, -0.15) is 0 Å². The van der Waals surface area contributed by atoms with Crippen LogP contribution < -0.4 is 16.8 Å². The Morgan fingerprint density at radius 1 is 1.03 bits per heavy atom. The predicted molar refractivity (Wildman–Crippen MR) is 138 cm³/mol. The smallest absolute Gasteiger partial charge is 0.185 e. The largest absolute Gasteiger partial charge is 0.370 e. The number of halogens is 3. The summed E-state index contributed by atoms with van der Waals surface area (Å²) in [7, 11) is 0. The average molecular weight is 482 g/mol. The summed E-state index contributed by atoms with van der Waals surface area (Å²) in [4.78, 5) is 13.4. The lowest BCUT2D eigenvalue weighted by Crippen LogP contribution is -2.23. The highest BCUT2D eigenvalue weighted by Crippen LogP contribution is 2.23. The SMILES string of the molecule is Cc1ccc2nc(C=Cc3ccc(Cl)cc3)nc(NCCCCN=C(N)N)c2c1.Cl.Cl. The molecule has 31 heavy (non-hydrogen) atoms. The Bertz CT molecular complexity index is 1030. The Hall–Kier alpha value is -2.54. The lowest BCUT2D eigenvalue weighted by molar-refractivity contribution is 0.772. The van der Waals surface area contributed by atoms with Crippen LogP contribution in [0.5, 0.6) is 0 Å². The van der Waals surface area contributed by atoms with E-state index in [4.69, 9.17) is 28.1 Å². The van der Waals surface area contributed by atoms with Crippen LogP contribution in [0.15, 0.2) is 47.5 Å². The maximum absolute atomic E-state index is 5.95. The van der Waals surface area contributed by atoms with Crippen molar-refractivity contribution in [3.63, 3.8) is 0 Å². The summed E-state index contributed by atoms with van der Waals surface area (Å²) in [5, 5.41) is 5.16. The number of hydrogen-bond donors (Lipinski definition) is 3. The Balaban J connectivity index is 0.00000240. The van der Waals surface area contributed by atoms with Gasteiger partial charge >= 0.3 is 0 Å². The lowest BCUT2D eigenvalue weighted by atomic mass is 10.1. The molecule has 3 rings (SSSR count). The van der Waals surface area contributed by atoms with E-state index in [0.717, 1.165) is 41.7 Å². The molecule has 5 N–H and O–H groups in total. The summed E-state index contributed by atoms with van der Waals surface area (Å²) in [5.41, 5.74) is 13.8. The van der Waals surface area contributed by atoms with Crippen LogP contribution in [0, 0.1) is 6.92 Å². The van der Waals surface area contributed by atoms with Crippen molar-refractivity contribution in [2.75, 3.05) is 18.4 Å². The predicted octanol–water partition coefficient (Wildman–Crippen LogP) is 5.07. The lowest BCUT2D eigenvalue weighted by Gasteiger charge is -2.10. The summed E-state index contributed by atoms with van der Waals surface area (Å²) in [6.45, 7) is 3.47. The fourth-order valence-corrected chi connectivity index (χ4v) is 2.99. The normalized spacial score (nSPS) is 10.4. The molecule has 0 spiro atoms. The van der Waals surface area contributed by atoms with Gasteiger partial charge in [-0.15, -0.1) is 24.8 Å². The quantitative estimate of drug-likeness (QED) is 0.237. The molecule has 0 unspecified atom stereocenters. The van der Waals surface area contributed by atoms with E-state index in [9.17, 15) is 0 Å². The van der Waals surface area contributed by atoms with Crippen molar-refractivity contribution in [1.82, 2.24) is 9.97 Å². The summed E-state index contributed by atoms with van der Waals surface area (Å²) >= 11 is 5.95. The highest BCUT2D eigenvalue weighted by Gasteiger charge is 2.07. The minimum atomic E-state index is 0. The molecule has 0 aliphatic heterocycles. The number of benzene rings is 2. The van der Waals surface area contributed by atoms with Gasteiger partial charge in [0, 0.05) is 23.5 Å². The van der Waals surface area contributed by atoms with E-state index in [1.165, 1.54) is 5.56 Å². The molecule has 0 amide bonds. The first-order chi connectivity index (χ1) is 14.0. The van der Waals surface area contributed by atoms with Crippen LogP contribution in [0.2, 0.25) is 5.02 Å². The number of anilines is 1. The third-order valence-electron chi connectivity index (χ3n) is 4.34. The van der Waals surface area contributed by atoms with E-state index in [-0.39, 0.29) is 30.8 Å². The molecule has 6 nitrogen and oxygen atoms in total. The van der Waals surface area contributed by atoms with Crippen molar-refractivity contribution in [3.05, 3.63) is 64.4 Å². The summed E-state index contributed by atoms with van der Waals surface area (Å²) in [5.74, 6) is 1.61. The van der Waals surface area contributed by atoms with Gasteiger partial charge in [-0.3, -0.25) is 4.99 Å². The van der Waals surface area contributed by atoms with Gasteiger partial charge < -0.3 is 16.8 Å². The van der Waals surface area contributed by atoms with Crippen LogP contribution in [0.4, 0.5) is 5.82 Å². The number of unbranched alkanes of at least 4 members (excludes halogenated alkanes) is 1.